The highest BCUT2D eigenvalue weighted by molar-refractivity contribution is 7.10. The third-order valence-corrected chi connectivity index (χ3v) is 2.33. The third-order valence-electron chi connectivity index (χ3n) is 1.38. The summed E-state index contributed by atoms with van der Waals surface area (Å²) in [4.78, 5) is 11.1. The first-order valence-electron chi connectivity index (χ1n) is 3.50. The molecule has 1 aromatic rings. The van der Waals surface area contributed by atoms with E-state index in [9.17, 15) is 4.79 Å². The lowest BCUT2D eigenvalue weighted by Crippen LogP contribution is -2.28. The molecule has 1 heterocycles. The second-order valence-corrected chi connectivity index (χ2v) is 3.31. The molecule has 0 aliphatic heterocycles. The molecule has 0 bridgehead atoms. The molecule has 6 heteroatoms. The highest BCUT2D eigenvalue weighted by Crippen LogP contribution is 2.13. The van der Waals surface area contributed by atoms with Crippen LogP contribution in [0.4, 0.5) is 4.79 Å². The van der Waals surface area contributed by atoms with Gasteiger partial charge in [-0.2, -0.15) is 0 Å². The average Bonchev–Trinajstić information content (AvgIpc) is 2.50. The first kappa shape index (κ1) is 9.69. The van der Waals surface area contributed by atoms with Crippen LogP contribution in [0.25, 0.3) is 0 Å². The number of hydrogen-bond donors (Lipinski definition) is 4. The molecule has 0 spiro atoms. The lowest BCUT2D eigenvalue weighted by molar-refractivity contribution is 0.200. The van der Waals surface area contributed by atoms with Crippen LogP contribution >= 0.6 is 11.3 Å². The largest absolute Gasteiger partial charge is 0.465 e. The SMILES string of the molecule is N=C(NC(=O)O)c1csc(CN)c1. The molecule has 0 radical (unpaired) electrons. The molecule has 0 atom stereocenters. The highest BCUT2D eigenvalue weighted by Gasteiger charge is 2.06. The lowest BCUT2D eigenvalue weighted by Gasteiger charge is -1.98. The van der Waals surface area contributed by atoms with Gasteiger partial charge in [0.1, 0.15) is 5.84 Å². The lowest BCUT2D eigenvalue weighted by atomic mass is 10.3. The number of nitrogens with two attached hydrogens (primary N) is 1. The number of nitrogens with one attached hydrogen (secondary N) is 2. The van der Waals surface area contributed by atoms with Gasteiger partial charge in [-0.25, -0.2) is 4.79 Å². The van der Waals surface area contributed by atoms with Gasteiger partial charge in [-0.15, -0.1) is 11.3 Å². The van der Waals surface area contributed by atoms with E-state index in [1.807, 2.05) is 5.32 Å². The fourth-order valence-electron chi connectivity index (χ4n) is 0.798. The zero-order chi connectivity index (χ0) is 9.84. The van der Waals surface area contributed by atoms with E-state index in [0.29, 0.717) is 12.1 Å². The van der Waals surface area contributed by atoms with Crippen LogP contribution in [-0.2, 0) is 6.54 Å². The Morgan fingerprint density at radius 3 is 2.92 bits per heavy atom. The van der Waals surface area contributed by atoms with Crippen LogP contribution in [0.3, 0.4) is 0 Å². The zero-order valence-electron chi connectivity index (χ0n) is 6.70. The van der Waals surface area contributed by atoms with Crippen molar-refractivity contribution in [2.75, 3.05) is 0 Å². The molecule has 0 unspecified atom stereocenters. The first-order chi connectivity index (χ1) is 6.13. The molecule has 1 amide bonds. The van der Waals surface area contributed by atoms with Crippen LogP contribution in [0.1, 0.15) is 10.4 Å². The summed E-state index contributed by atoms with van der Waals surface area (Å²) < 4.78 is 0. The summed E-state index contributed by atoms with van der Waals surface area (Å²) in [6.45, 7) is 0.408. The van der Waals surface area contributed by atoms with Crippen molar-refractivity contribution in [2.24, 2.45) is 5.73 Å². The van der Waals surface area contributed by atoms with E-state index in [2.05, 4.69) is 0 Å². The molecule has 1 aromatic heterocycles. The quantitative estimate of drug-likeness (QED) is 0.418. The molecule has 1 rings (SSSR count). The summed E-state index contributed by atoms with van der Waals surface area (Å²) in [5.41, 5.74) is 5.92. The molecule has 5 N–H and O–H groups in total. The fraction of sp³-hybridized carbons (Fsp3) is 0.143. The van der Waals surface area contributed by atoms with E-state index in [-0.39, 0.29) is 5.84 Å². The minimum atomic E-state index is -1.23. The van der Waals surface area contributed by atoms with Crippen molar-refractivity contribution in [3.05, 3.63) is 21.9 Å². The van der Waals surface area contributed by atoms with Crippen molar-refractivity contribution in [2.45, 2.75) is 6.54 Å². The zero-order valence-corrected chi connectivity index (χ0v) is 7.52. The second-order valence-electron chi connectivity index (χ2n) is 2.31. The summed E-state index contributed by atoms with van der Waals surface area (Å²) in [6, 6.07) is 1.70. The van der Waals surface area contributed by atoms with Crippen LogP contribution in [0.2, 0.25) is 0 Å². The minimum absolute atomic E-state index is 0.122. The summed E-state index contributed by atoms with van der Waals surface area (Å²) in [5, 5.41) is 19.3. The van der Waals surface area contributed by atoms with Crippen molar-refractivity contribution in [1.29, 1.82) is 5.41 Å². The molecule has 0 fully saturated rings. The predicted molar refractivity (Wildman–Crippen MR) is 50.2 cm³/mol. The summed E-state index contributed by atoms with van der Waals surface area (Å²) >= 11 is 1.41. The molecule has 0 aromatic carbocycles. The van der Waals surface area contributed by atoms with E-state index < -0.39 is 6.09 Å². The molecular formula is C7H9N3O2S. The van der Waals surface area contributed by atoms with Crippen molar-refractivity contribution in [1.82, 2.24) is 5.32 Å². The van der Waals surface area contributed by atoms with Crippen LogP contribution in [0.15, 0.2) is 11.4 Å². The number of hydrogen-bond acceptors (Lipinski definition) is 4. The summed E-state index contributed by atoms with van der Waals surface area (Å²) in [6.07, 6.45) is -1.23. The standard InChI is InChI=1S/C7H9N3O2S/c8-2-5-1-4(3-13-5)6(9)10-7(11)12/h1,3H,2,8H2,(H2,9,10)(H,11,12). The highest BCUT2D eigenvalue weighted by atomic mass is 32.1. The van der Waals surface area contributed by atoms with Gasteiger partial charge < -0.3 is 10.8 Å². The van der Waals surface area contributed by atoms with Gasteiger partial charge in [0, 0.05) is 22.4 Å². The molecule has 5 nitrogen and oxygen atoms in total. The Hall–Kier alpha value is -1.40. The Bertz CT molecular complexity index is 334. The van der Waals surface area contributed by atoms with Gasteiger partial charge in [-0.1, -0.05) is 0 Å². The van der Waals surface area contributed by atoms with Gasteiger partial charge in [0.15, 0.2) is 0 Å². The van der Waals surface area contributed by atoms with E-state index >= 15 is 0 Å². The van der Waals surface area contributed by atoms with Gasteiger partial charge >= 0.3 is 6.09 Å². The number of carbonyl (C=O) groups is 1. The Morgan fingerprint density at radius 1 is 1.77 bits per heavy atom. The van der Waals surface area contributed by atoms with Gasteiger partial charge in [-0.05, 0) is 6.07 Å². The number of amides is 1. The maximum atomic E-state index is 10.2. The van der Waals surface area contributed by atoms with Gasteiger partial charge in [0.2, 0.25) is 0 Å². The van der Waals surface area contributed by atoms with Crippen LogP contribution in [-0.4, -0.2) is 17.0 Å². The summed E-state index contributed by atoms with van der Waals surface area (Å²) in [5.74, 6) is -0.122. The van der Waals surface area contributed by atoms with Crippen molar-refractivity contribution >= 4 is 23.3 Å². The van der Waals surface area contributed by atoms with Crippen LogP contribution < -0.4 is 11.1 Å². The first-order valence-corrected chi connectivity index (χ1v) is 4.38. The van der Waals surface area contributed by atoms with Crippen molar-refractivity contribution < 1.29 is 9.90 Å². The smallest absolute Gasteiger partial charge is 0.410 e. The molecule has 0 saturated heterocycles. The normalized spacial score (nSPS) is 9.62. The van der Waals surface area contributed by atoms with Crippen molar-refractivity contribution in [3.8, 4) is 0 Å². The van der Waals surface area contributed by atoms with E-state index in [0.717, 1.165) is 4.88 Å². The Labute approximate surface area is 78.7 Å². The Kier molecular flexibility index (Phi) is 2.99. The van der Waals surface area contributed by atoms with Crippen molar-refractivity contribution in [3.63, 3.8) is 0 Å². The number of rotatable bonds is 2. The van der Waals surface area contributed by atoms with E-state index in [4.69, 9.17) is 16.2 Å². The fourth-order valence-corrected chi connectivity index (χ4v) is 1.55. The summed E-state index contributed by atoms with van der Waals surface area (Å²) in [7, 11) is 0. The minimum Gasteiger partial charge on any atom is -0.465 e. The number of amidine groups is 1. The molecular weight excluding hydrogens is 190 g/mol. The molecule has 70 valence electrons. The molecule has 0 saturated carbocycles. The average molecular weight is 199 g/mol. The van der Waals surface area contributed by atoms with Gasteiger partial charge in [-0.3, -0.25) is 10.7 Å². The third kappa shape index (κ3) is 2.53. The number of carboxylic acid groups (broad SMARTS) is 1. The Balaban J connectivity index is 2.71. The van der Waals surface area contributed by atoms with Gasteiger partial charge in [0.25, 0.3) is 0 Å². The van der Waals surface area contributed by atoms with E-state index in [1.165, 1.54) is 11.3 Å². The van der Waals surface area contributed by atoms with E-state index in [1.54, 1.807) is 11.4 Å². The van der Waals surface area contributed by atoms with Gasteiger partial charge in [0.05, 0.1) is 0 Å². The topological polar surface area (TPSA) is 99.2 Å². The molecule has 0 aliphatic carbocycles. The monoisotopic (exact) mass is 199 g/mol. The number of thiophene rings is 1. The predicted octanol–water partition coefficient (Wildman–Crippen LogP) is 0.800. The van der Waals surface area contributed by atoms with Crippen LogP contribution in [0, 0.1) is 5.41 Å². The second kappa shape index (κ2) is 4.01. The molecule has 13 heavy (non-hydrogen) atoms. The maximum absolute atomic E-state index is 10.2. The maximum Gasteiger partial charge on any atom is 0.410 e. The van der Waals surface area contributed by atoms with Crippen LogP contribution in [0.5, 0.6) is 0 Å². The Morgan fingerprint density at radius 2 is 2.46 bits per heavy atom. The molecule has 0 aliphatic rings.